The highest BCUT2D eigenvalue weighted by atomic mass is 28.3. The number of benzene rings is 1. The van der Waals surface area contributed by atoms with Crippen molar-refractivity contribution in [2.45, 2.75) is 83.7 Å². The average molecular weight is 478 g/mol. The van der Waals surface area contributed by atoms with Crippen LogP contribution in [0, 0.1) is 6.92 Å². The summed E-state index contributed by atoms with van der Waals surface area (Å²) in [6.45, 7) is 11.0. The Hall–Kier alpha value is -2.28. The number of hydrogen-bond donors (Lipinski definition) is 0. The van der Waals surface area contributed by atoms with E-state index >= 15 is 0 Å². The summed E-state index contributed by atoms with van der Waals surface area (Å²) in [5.74, 6) is 0.657. The van der Waals surface area contributed by atoms with Crippen LogP contribution in [-0.2, 0) is 22.8 Å². The van der Waals surface area contributed by atoms with Crippen LogP contribution in [0.4, 0.5) is 0 Å². The molecule has 0 saturated heterocycles. The number of hydrogen-bond acceptors (Lipinski definition) is 4. The van der Waals surface area contributed by atoms with Crippen molar-refractivity contribution in [2.75, 3.05) is 6.61 Å². The molecule has 1 aliphatic carbocycles. The minimum absolute atomic E-state index is 0.297. The zero-order valence-corrected chi connectivity index (χ0v) is 22.2. The van der Waals surface area contributed by atoms with Crippen molar-refractivity contribution in [1.29, 1.82) is 0 Å². The van der Waals surface area contributed by atoms with Crippen molar-refractivity contribution >= 4 is 8.07 Å². The Morgan fingerprint density at radius 1 is 1.03 bits per heavy atom. The fraction of sp³-hybridized carbons (Fsp3) is 0.500. The maximum Gasteiger partial charge on any atom is 0.139 e. The molecule has 1 fully saturated rings. The van der Waals surface area contributed by atoms with Crippen LogP contribution in [0.5, 0.6) is 0 Å². The lowest BCUT2D eigenvalue weighted by atomic mass is 9.83. The molecule has 0 atom stereocenters. The number of aryl methyl sites for hydroxylation is 1. The molecule has 1 saturated carbocycles. The third-order valence-electron chi connectivity index (χ3n) is 6.71. The third kappa shape index (κ3) is 6.87. The Kier molecular flexibility index (Phi) is 8.35. The smallest absolute Gasteiger partial charge is 0.139 e. The van der Waals surface area contributed by atoms with E-state index < -0.39 is 8.07 Å². The number of nitrogens with zero attached hydrogens (tertiary/aromatic N) is 3. The van der Waals surface area contributed by atoms with Gasteiger partial charge >= 0.3 is 0 Å². The first-order chi connectivity index (χ1) is 16.4. The quantitative estimate of drug-likeness (QED) is 0.238. The molecule has 0 aliphatic heterocycles. The van der Waals surface area contributed by atoms with Gasteiger partial charge in [-0.2, -0.15) is 5.10 Å². The molecule has 1 aromatic carbocycles. The molecule has 2 aromatic heterocycles. The molecule has 0 N–H and O–H groups in total. The first-order valence-corrected chi connectivity index (χ1v) is 16.3. The standard InChI is InChI=1S/C28H39N3O2Si/c1-22-18-26(28-14-15-30-31(28)21-32-16-17-34(2,3)4)27(29-19-22)20-33-25-12-10-24(11-13-25)23-8-6-5-7-9-23/h5-9,14-15,18-19,24-25H,10-13,16-17,20-21H2,1-4H3/t24-,25+. The van der Waals surface area contributed by atoms with Gasteiger partial charge in [-0.1, -0.05) is 50.0 Å². The van der Waals surface area contributed by atoms with Crippen molar-refractivity contribution in [3.63, 3.8) is 0 Å². The normalized spacial score (nSPS) is 18.8. The highest BCUT2D eigenvalue weighted by Crippen LogP contribution is 2.34. The van der Waals surface area contributed by atoms with Gasteiger partial charge in [0.15, 0.2) is 0 Å². The molecule has 5 nitrogen and oxygen atoms in total. The second kappa shape index (κ2) is 11.4. The van der Waals surface area contributed by atoms with Gasteiger partial charge in [0.25, 0.3) is 0 Å². The zero-order chi connectivity index (χ0) is 24.0. The van der Waals surface area contributed by atoms with Gasteiger partial charge < -0.3 is 9.47 Å². The summed E-state index contributed by atoms with van der Waals surface area (Å²) in [5.41, 5.74) is 5.69. The summed E-state index contributed by atoms with van der Waals surface area (Å²) in [4.78, 5) is 4.75. The molecule has 2 heterocycles. The van der Waals surface area contributed by atoms with Crippen LogP contribution >= 0.6 is 0 Å². The van der Waals surface area contributed by atoms with Crippen molar-refractivity contribution in [3.8, 4) is 11.3 Å². The Balaban J connectivity index is 1.37. The van der Waals surface area contributed by atoms with Gasteiger partial charge in [-0.25, -0.2) is 4.68 Å². The van der Waals surface area contributed by atoms with Crippen LogP contribution in [-0.4, -0.2) is 35.5 Å². The fourth-order valence-electron chi connectivity index (χ4n) is 4.61. The minimum atomic E-state index is -1.11. The largest absolute Gasteiger partial charge is 0.372 e. The van der Waals surface area contributed by atoms with Crippen molar-refractivity contribution in [3.05, 3.63) is 71.7 Å². The van der Waals surface area contributed by atoms with Gasteiger partial charge in [0.1, 0.15) is 6.73 Å². The SMILES string of the molecule is Cc1cnc(CO[C@H]2CC[C@@H](c3ccccc3)CC2)c(-c2ccnn2COCC[Si](C)(C)C)c1. The number of pyridine rings is 1. The van der Waals surface area contributed by atoms with Crippen LogP contribution in [0.25, 0.3) is 11.3 Å². The summed E-state index contributed by atoms with van der Waals surface area (Å²) < 4.78 is 14.3. The predicted molar refractivity (Wildman–Crippen MR) is 141 cm³/mol. The van der Waals surface area contributed by atoms with Crippen LogP contribution < -0.4 is 0 Å². The molecule has 0 radical (unpaired) electrons. The lowest BCUT2D eigenvalue weighted by molar-refractivity contribution is 0.0119. The molecule has 34 heavy (non-hydrogen) atoms. The molecule has 0 amide bonds. The van der Waals surface area contributed by atoms with E-state index in [9.17, 15) is 0 Å². The molecule has 0 spiro atoms. The maximum absolute atomic E-state index is 6.39. The van der Waals surface area contributed by atoms with Gasteiger partial charge in [0.05, 0.1) is 24.1 Å². The van der Waals surface area contributed by atoms with Crippen LogP contribution in [0.2, 0.25) is 25.7 Å². The first kappa shape index (κ1) is 24.8. The van der Waals surface area contributed by atoms with E-state index in [1.165, 1.54) is 18.4 Å². The molecule has 0 unspecified atom stereocenters. The molecule has 1 aliphatic rings. The number of rotatable bonds is 10. The molecule has 182 valence electrons. The Labute approximate surface area is 205 Å². The monoisotopic (exact) mass is 477 g/mol. The van der Waals surface area contributed by atoms with Gasteiger partial charge in [-0.3, -0.25) is 4.98 Å². The number of ether oxygens (including phenoxy) is 2. The summed E-state index contributed by atoms with van der Waals surface area (Å²) in [5, 5.41) is 4.52. The van der Waals surface area contributed by atoms with Gasteiger partial charge in [0, 0.05) is 32.6 Å². The van der Waals surface area contributed by atoms with Crippen LogP contribution in [0.3, 0.4) is 0 Å². The van der Waals surface area contributed by atoms with E-state index in [1.54, 1.807) is 0 Å². The molecular weight excluding hydrogens is 438 g/mol. The molecule has 3 aromatic rings. The minimum Gasteiger partial charge on any atom is -0.372 e. The molecular formula is C28H39N3O2Si. The Morgan fingerprint density at radius 2 is 1.79 bits per heavy atom. The molecule has 4 rings (SSSR count). The summed E-state index contributed by atoms with van der Waals surface area (Å²) in [7, 11) is -1.11. The average Bonchev–Trinajstić information content (AvgIpc) is 3.30. The fourth-order valence-corrected chi connectivity index (χ4v) is 5.37. The maximum atomic E-state index is 6.39. The lowest BCUT2D eigenvalue weighted by Crippen LogP contribution is -2.22. The molecule has 6 heteroatoms. The topological polar surface area (TPSA) is 49.2 Å². The van der Waals surface area contributed by atoms with Crippen molar-refractivity contribution in [1.82, 2.24) is 14.8 Å². The predicted octanol–water partition coefficient (Wildman–Crippen LogP) is 6.81. The summed E-state index contributed by atoms with van der Waals surface area (Å²) in [6.07, 6.45) is 8.64. The zero-order valence-electron chi connectivity index (χ0n) is 21.2. The summed E-state index contributed by atoms with van der Waals surface area (Å²) >= 11 is 0. The van der Waals surface area contributed by atoms with E-state index in [4.69, 9.17) is 14.5 Å². The van der Waals surface area contributed by atoms with E-state index in [0.29, 0.717) is 25.4 Å². The van der Waals surface area contributed by atoms with Crippen molar-refractivity contribution < 1.29 is 9.47 Å². The van der Waals surface area contributed by atoms with E-state index in [-0.39, 0.29) is 0 Å². The highest BCUT2D eigenvalue weighted by molar-refractivity contribution is 6.76. The number of aromatic nitrogens is 3. The van der Waals surface area contributed by atoms with Gasteiger partial charge in [-0.15, -0.1) is 0 Å². The second-order valence-corrected chi connectivity index (χ2v) is 16.4. The van der Waals surface area contributed by atoms with E-state index in [0.717, 1.165) is 48.0 Å². The van der Waals surface area contributed by atoms with Crippen molar-refractivity contribution in [2.24, 2.45) is 0 Å². The lowest BCUT2D eigenvalue weighted by Gasteiger charge is -2.29. The van der Waals surface area contributed by atoms with Gasteiger partial charge in [0.2, 0.25) is 0 Å². The Bertz CT molecular complexity index is 1040. The highest BCUT2D eigenvalue weighted by Gasteiger charge is 2.23. The van der Waals surface area contributed by atoms with Crippen LogP contribution in [0.1, 0.15) is 48.4 Å². The van der Waals surface area contributed by atoms with E-state index in [2.05, 4.69) is 68.1 Å². The first-order valence-electron chi connectivity index (χ1n) is 12.6. The summed E-state index contributed by atoms with van der Waals surface area (Å²) in [6, 6.07) is 16.3. The van der Waals surface area contributed by atoms with Gasteiger partial charge in [-0.05, 0) is 67.8 Å². The second-order valence-electron chi connectivity index (χ2n) is 10.8. The van der Waals surface area contributed by atoms with Crippen LogP contribution in [0.15, 0.2) is 54.9 Å². The third-order valence-corrected chi connectivity index (χ3v) is 8.41. The molecule has 0 bridgehead atoms. The Morgan fingerprint density at radius 3 is 2.53 bits per heavy atom. The van der Waals surface area contributed by atoms with E-state index in [1.807, 2.05) is 23.1 Å².